The number of para-hydroxylation sites is 1. The number of oxazole rings is 1. The Balaban J connectivity index is 2.51. The predicted molar refractivity (Wildman–Crippen MR) is 53.4 cm³/mol. The van der Waals surface area contributed by atoms with E-state index in [2.05, 4.69) is 9.72 Å². The zero-order valence-corrected chi connectivity index (χ0v) is 9.17. The number of fused-ring (bicyclic) bond motifs is 1. The number of halogens is 4. The molecule has 80 valence electrons. The first-order valence-electron chi connectivity index (χ1n) is 3.76. The molecule has 0 aliphatic heterocycles. The Labute approximate surface area is 95.4 Å². The van der Waals surface area contributed by atoms with Gasteiger partial charge in [0.15, 0.2) is 11.3 Å². The molecule has 15 heavy (non-hydrogen) atoms. The maximum Gasteiger partial charge on any atom is 0.573 e. The molecule has 0 N–H and O–H groups in total. The second-order valence-corrected chi connectivity index (χ2v) is 3.54. The van der Waals surface area contributed by atoms with E-state index in [0.29, 0.717) is 5.52 Å². The second kappa shape index (κ2) is 3.54. The first-order chi connectivity index (χ1) is 6.96. The number of benzene rings is 1. The highest BCUT2D eigenvalue weighted by Gasteiger charge is 2.32. The summed E-state index contributed by atoms with van der Waals surface area (Å²) in [7, 11) is 0. The lowest BCUT2D eigenvalue weighted by molar-refractivity contribution is -0.274. The highest BCUT2D eigenvalue weighted by Crippen LogP contribution is 2.31. The molecule has 0 bridgehead atoms. The van der Waals surface area contributed by atoms with E-state index in [9.17, 15) is 13.2 Å². The molecule has 1 heterocycles. The second-order valence-electron chi connectivity index (χ2n) is 2.62. The molecule has 0 unspecified atom stereocenters. The Morgan fingerprint density at radius 2 is 2.07 bits per heavy atom. The molecule has 7 heteroatoms. The van der Waals surface area contributed by atoms with Crippen molar-refractivity contribution < 1.29 is 22.3 Å². The summed E-state index contributed by atoms with van der Waals surface area (Å²) < 4.78 is 45.0. The van der Waals surface area contributed by atoms with Gasteiger partial charge in [-0.25, -0.2) is 4.98 Å². The van der Waals surface area contributed by atoms with Crippen LogP contribution in [0, 0.1) is 3.90 Å². The van der Waals surface area contributed by atoms with Crippen LogP contribution in [0.1, 0.15) is 0 Å². The third kappa shape index (κ3) is 2.33. The van der Waals surface area contributed by atoms with Crippen molar-refractivity contribution in [2.75, 3.05) is 0 Å². The minimum atomic E-state index is -4.73. The summed E-state index contributed by atoms with van der Waals surface area (Å²) in [6, 6.07) is 4.14. The van der Waals surface area contributed by atoms with E-state index >= 15 is 0 Å². The third-order valence-electron chi connectivity index (χ3n) is 1.58. The van der Waals surface area contributed by atoms with Gasteiger partial charge in [-0.05, 0) is 12.1 Å². The summed E-state index contributed by atoms with van der Waals surface area (Å²) in [5, 5.41) is 0. The molecule has 0 fully saturated rings. The summed E-state index contributed by atoms with van der Waals surface area (Å²) >= 11 is 1.77. The standard InChI is InChI=1S/C8H3F3INO2/c9-8(10,11)15-5-3-1-2-4-6(5)14-7(12)13-4/h1-3H. The summed E-state index contributed by atoms with van der Waals surface area (Å²) in [4.78, 5) is 3.88. The van der Waals surface area contributed by atoms with Gasteiger partial charge in [-0.1, -0.05) is 6.07 Å². The maximum atomic E-state index is 12.0. The number of alkyl halides is 3. The molecule has 0 radical (unpaired) electrons. The Morgan fingerprint density at radius 3 is 2.73 bits per heavy atom. The van der Waals surface area contributed by atoms with Crippen molar-refractivity contribution >= 4 is 33.7 Å². The Bertz CT molecular complexity index is 494. The first-order valence-corrected chi connectivity index (χ1v) is 4.84. The summed E-state index contributed by atoms with van der Waals surface area (Å²) in [5.74, 6) is -0.379. The van der Waals surface area contributed by atoms with Crippen molar-refractivity contribution in [2.24, 2.45) is 0 Å². The summed E-state index contributed by atoms with van der Waals surface area (Å²) in [6.07, 6.45) is -4.73. The number of nitrogens with zero attached hydrogens (tertiary/aromatic N) is 1. The van der Waals surface area contributed by atoms with Gasteiger partial charge in [-0.15, -0.1) is 13.2 Å². The van der Waals surface area contributed by atoms with Gasteiger partial charge in [-0.2, -0.15) is 0 Å². The molecule has 0 aliphatic rings. The fourth-order valence-electron chi connectivity index (χ4n) is 1.10. The molecule has 0 spiro atoms. The van der Waals surface area contributed by atoms with Gasteiger partial charge in [-0.3, -0.25) is 0 Å². The molecule has 1 aromatic heterocycles. The van der Waals surface area contributed by atoms with E-state index in [1.165, 1.54) is 12.1 Å². The van der Waals surface area contributed by atoms with Gasteiger partial charge < -0.3 is 9.15 Å². The van der Waals surface area contributed by atoms with Crippen molar-refractivity contribution in [1.29, 1.82) is 0 Å². The summed E-state index contributed by atoms with van der Waals surface area (Å²) in [6.45, 7) is 0. The van der Waals surface area contributed by atoms with Crippen LogP contribution in [0.25, 0.3) is 11.1 Å². The van der Waals surface area contributed by atoms with Gasteiger partial charge >= 0.3 is 6.36 Å². The highest BCUT2D eigenvalue weighted by molar-refractivity contribution is 14.1. The maximum absolute atomic E-state index is 12.0. The summed E-state index contributed by atoms with van der Waals surface area (Å²) in [5.41, 5.74) is 0.334. The SMILES string of the molecule is FC(F)(F)Oc1cccc2nc(I)oc12. The lowest BCUT2D eigenvalue weighted by Gasteiger charge is -2.07. The number of ether oxygens (including phenoxy) is 1. The molecule has 3 nitrogen and oxygen atoms in total. The van der Waals surface area contributed by atoms with Crippen LogP contribution in [0.15, 0.2) is 22.6 Å². The zero-order valence-electron chi connectivity index (χ0n) is 7.01. The zero-order chi connectivity index (χ0) is 11.1. The average molecular weight is 329 g/mol. The molecule has 0 saturated heterocycles. The van der Waals surface area contributed by atoms with E-state index in [-0.39, 0.29) is 15.2 Å². The third-order valence-corrected chi connectivity index (χ3v) is 2.04. The molecule has 2 aromatic rings. The van der Waals surface area contributed by atoms with Crippen molar-refractivity contribution in [3.05, 3.63) is 22.1 Å². The number of rotatable bonds is 1. The van der Waals surface area contributed by atoms with Crippen LogP contribution in [0.2, 0.25) is 0 Å². The first kappa shape index (κ1) is 10.5. The number of hydrogen-bond acceptors (Lipinski definition) is 3. The molecule has 1 aromatic carbocycles. The van der Waals surface area contributed by atoms with Gasteiger partial charge in [0, 0.05) is 22.6 Å². The lowest BCUT2D eigenvalue weighted by atomic mass is 10.3. The lowest BCUT2D eigenvalue weighted by Crippen LogP contribution is -2.17. The van der Waals surface area contributed by atoms with Gasteiger partial charge in [0.1, 0.15) is 5.52 Å². The number of hydrogen-bond donors (Lipinski definition) is 0. The molecule has 0 aliphatic carbocycles. The highest BCUT2D eigenvalue weighted by atomic mass is 127. The smallest absolute Gasteiger partial charge is 0.428 e. The van der Waals surface area contributed by atoms with E-state index in [4.69, 9.17) is 4.42 Å². The largest absolute Gasteiger partial charge is 0.573 e. The van der Waals surface area contributed by atoms with Crippen molar-refractivity contribution in [1.82, 2.24) is 4.98 Å². The van der Waals surface area contributed by atoms with Crippen LogP contribution >= 0.6 is 22.6 Å². The van der Waals surface area contributed by atoms with Crippen LogP contribution in [-0.2, 0) is 0 Å². The fourth-order valence-corrected chi connectivity index (χ4v) is 1.58. The Morgan fingerprint density at radius 1 is 1.33 bits per heavy atom. The monoisotopic (exact) mass is 329 g/mol. The van der Waals surface area contributed by atoms with Crippen molar-refractivity contribution in [2.45, 2.75) is 6.36 Å². The van der Waals surface area contributed by atoms with E-state index < -0.39 is 6.36 Å². The minimum Gasteiger partial charge on any atom is -0.428 e. The molecule has 0 atom stereocenters. The van der Waals surface area contributed by atoms with Crippen molar-refractivity contribution in [3.8, 4) is 5.75 Å². The van der Waals surface area contributed by atoms with E-state index in [1.807, 2.05) is 0 Å². The topological polar surface area (TPSA) is 35.3 Å². The van der Waals surface area contributed by atoms with Crippen molar-refractivity contribution in [3.63, 3.8) is 0 Å². The molecule has 0 amide bonds. The number of aromatic nitrogens is 1. The fraction of sp³-hybridized carbons (Fsp3) is 0.125. The van der Waals surface area contributed by atoms with E-state index in [1.54, 1.807) is 28.7 Å². The van der Waals surface area contributed by atoms with Crippen LogP contribution in [-0.4, -0.2) is 11.3 Å². The Hall–Kier alpha value is -0.990. The van der Waals surface area contributed by atoms with Gasteiger partial charge in [0.25, 0.3) is 3.90 Å². The van der Waals surface area contributed by atoms with Crippen LogP contribution < -0.4 is 4.74 Å². The van der Waals surface area contributed by atoms with Crippen LogP contribution in [0.5, 0.6) is 5.75 Å². The quantitative estimate of drug-likeness (QED) is 0.753. The average Bonchev–Trinajstić information content (AvgIpc) is 2.43. The predicted octanol–water partition coefficient (Wildman–Crippen LogP) is 3.33. The van der Waals surface area contributed by atoms with Gasteiger partial charge in [0.05, 0.1) is 0 Å². The van der Waals surface area contributed by atoms with Crippen LogP contribution in [0.3, 0.4) is 0 Å². The Kier molecular flexibility index (Phi) is 2.49. The normalized spacial score (nSPS) is 12.0. The molecule has 0 saturated carbocycles. The van der Waals surface area contributed by atoms with Crippen LogP contribution in [0.4, 0.5) is 13.2 Å². The minimum absolute atomic E-state index is 0.000718. The molecular formula is C8H3F3INO2. The van der Waals surface area contributed by atoms with E-state index in [0.717, 1.165) is 0 Å². The molecular weight excluding hydrogens is 326 g/mol. The molecule has 2 rings (SSSR count). The van der Waals surface area contributed by atoms with Gasteiger partial charge in [0.2, 0.25) is 0 Å².